The maximum Gasteiger partial charge on any atom is 0.331 e. The third-order valence-corrected chi connectivity index (χ3v) is 4.53. The molecule has 0 atom stereocenters. The number of amides is 1. The summed E-state index contributed by atoms with van der Waals surface area (Å²) in [6.07, 6.45) is 7.31. The van der Waals surface area contributed by atoms with Crippen molar-refractivity contribution >= 4 is 17.8 Å². The van der Waals surface area contributed by atoms with Crippen LogP contribution in [-0.4, -0.2) is 68.8 Å². The Labute approximate surface area is 171 Å². The highest BCUT2D eigenvalue weighted by Gasteiger charge is 2.12. The molecule has 1 saturated heterocycles. The number of allylic oxidation sites excluding steroid dienone is 1. The van der Waals surface area contributed by atoms with Crippen LogP contribution < -0.4 is 5.32 Å². The molecule has 0 unspecified atom stereocenters. The molecule has 8 nitrogen and oxygen atoms in total. The molecule has 0 saturated carbocycles. The number of rotatable bonds is 11. The van der Waals surface area contributed by atoms with E-state index in [0.717, 1.165) is 63.4 Å². The zero-order valence-electron chi connectivity index (χ0n) is 16.8. The third kappa shape index (κ3) is 10.0. The lowest BCUT2D eigenvalue weighted by molar-refractivity contribution is -0.140. The number of esters is 2. The van der Waals surface area contributed by atoms with E-state index < -0.39 is 11.9 Å². The van der Waals surface area contributed by atoms with Crippen molar-refractivity contribution in [3.05, 3.63) is 36.1 Å². The summed E-state index contributed by atoms with van der Waals surface area (Å²) in [6, 6.07) is 0. The minimum Gasteiger partial charge on any atom is -0.463 e. The van der Waals surface area contributed by atoms with Crippen molar-refractivity contribution in [3.63, 3.8) is 0 Å². The molecule has 0 radical (unpaired) electrons. The molecular formula is C21H30N2O6. The first-order valence-corrected chi connectivity index (χ1v) is 10.0. The summed E-state index contributed by atoms with van der Waals surface area (Å²) in [5, 5.41) is 2.63. The summed E-state index contributed by atoms with van der Waals surface area (Å²) in [7, 11) is 0. The molecule has 0 aromatic heterocycles. The molecule has 2 heterocycles. The van der Waals surface area contributed by atoms with E-state index in [2.05, 4.69) is 16.8 Å². The summed E-state index contributed by atoms with van der Waals surface area (Å²) in [5.41, 5.74) is 1.63. The second-order valence-electron chi connectivity index (χ2n) is 7.01. The lowest BCUT2D eigenvalue weighted by Crippen LogP contribution is -2.36. The van der Waals surface area contributed by atoms with E-state index in [9.17, 15) is 14.4 Å². The number of unbranched alkanes of at least 4 members (excludes halogenated alkanes) is 1. The van der Waals surface area contributed by atoms with E-state index in [1.54, 1.807) is 6.08 Å². The van der Waals surface area contributed by atoms with Crippen LogP contribution in [0.25, 0.3) is 0 Å². The highest BCUT2D eigenvalue weighted by Crippen LogP contribution is 2.17. The number of hydrogen-bond acceptors (Lipinski definition) is 7. The van der Waals surface area contributed by atoms with Gasteiger partial charge in [0.05, 0.1) is 26.4 Å². The van der Waals surface area contributed by atoms with Gasteiger partial charge in [0.1, 0.15) is 0 Å². The number of hydrogen-bond donors (Lipinski definition) is 1. The average molecular weight is 406 g/mol. The van der Waals surface area contributed by atoms with Crippen molar-refractivity contribution in [2.75, 3.05) is 46.1 Å². The Morgan fingerprint density at radius 1 is 1.10 bits per heavy atom. The minimum absolute atomic E-state index is 0.171. The Balaban J connectivity index is 1.48. The van der Waals surface area contributed by atoms with Crippen molar-refractivity contribution in [3.8, 4) is 0 Å². The lowest BCUT2D eigenvalue weighted by atomic mass is 10.0. The van der Waals surface area contributed by atoms with E-state index in [1.165, 1.54) is 0 Å². The van der Waals surface area contributed by atoms with Crippen molar-refractivity contribution in [1.82, 2.24) is 10.2 Å². The fraction of sp³-hybridized carbons (Fsp3) is 0.571. The van der Waals surface area contributed by atoms with E-state index >= 15 is 0 Å². The second-order valence-corrected chi connectivity index (χ2v) is 7.01. The van der Waals surface area contributed by atoms with E-state index in [0.29, 0.717) is 31.6 Å². The minimum atomic E-state index is -0.589. The quantitative estimate of drug-likeness (QED) is 0.316. The normalized spacial score (nSPS) is 17.7. The molecule has 8 heteroatoms. The van der Waals surface area contributed by atoms with Gasteiger partial charge >= 0.3 is 11.9 Å². The monoisotopic (exact) mass is 406 g/mol. The van der Waals surface area contributed by atoms with Gasteiger partial charge in [-0.15, -0.1) is 0 Å². The molecule has 0 aromatic rings. The fourth-order valence-electron chi connectivity index (χ4n) is 3.06. The number of carbonyl (C=O) groups is 3. The fourth-order valence-corrected chi connectivity index (χ4v) is 3.06. The highest BCUT2D eigenvalue weighted by molar-refractivity contribution is 5.91. The molecule has 0 aromatic carbocycles. The van der Waals surface area contributed by atoms with Crippen LogP contribution in [0, 0.1) is 0 Å². The predicted molar refractivity (Wildman–Crippen MR) is 107 cm³/mol. The first-order chi connectivity index (χ1) is 14.0. The maximum absolute atomic E-state index is 11.6. The predicted octanol–water partition coefficient (Wildman–Crippen LogP) is 1.48. The molecule has 2 rings (SSSR count). The lowest BCUT2D eigenvalue weighted by Gasteiger charge is -2.26. The molecule has 0 bridgehead atoms. The summed E-state index contributed by atoms with van der Waals surface area (Å²) in [4.78, 5) is 36.9. The van der Waals surface area contributed by atoms with E-state index in [-0.39, 0.29) is 12.5 Å². The van der Waals surface area contributed by atoms with Gasteiger partial charge in [-0.25, -0.2) is 9.59 Å². The van der Waals surface area contributed by atoms with Crippen LogP contribution in [0.2, 0.25) is 0 Å². The van der Waals surface area contributed by atoms with Gasteiger partial charge in [-0.2, -0.15) is 0 Å². The summed E-state index contributed by atoms with van der Waals surface area (Å²) >= 11 is 0. The SMILES string of the molecule is C=C1CC(CCCOC(=O)/C=C/C(=O)OCCCCN2CCOCC2)=CC(=O)N1. The second kappa shape index (κ2) is 12.9. The average Bonchev–Trinajstić information content (AvgIpc) is 2.69. The van der Waals surface area contributed by atoms with Crippen LogP contribution in [0.3, 0.4) is 0 Å². The van der Waals surface area contributed by atoms with Gasteiger partial charge in [0.25, 0.3) is 0 Å². The number of ether oxygens (including phenoxy) is 3. The molecule has 29 heavy (non-hydrogen) atoms. The van der Waals surface area contributed by atoms with Crippen LogP contribution >= 0.6 is 0 Å². The van der Waals surface area contributed by atoms with Crippen LogP contribution in [0.1, 0.15) is 32.1 Å². The van der Waals surface area contributed by atoms with Crippen molar-refractivity contribution in [2.45, 2.75) is 32.1 Å². The summed E-state index contributed by atoms with van der Waals surface area (Å²) in [5.74, 6) is -1.31. The summed E-state index contributed by atoms with van der Waals surface area (Å²) < 4.78 is 15.4. The number of nitrogens with zero attached hydrogens (tertiary/aromatic N) is 1. The third-order valence-electron chi connectivity index (χ3n) is 4.53. The molecule has 1 amide bonds. The topological polar surface area (TPSA) is 94.2 Å². The molecule has 1 fully saturated rings. The van der Waals surface area contributed by atoms with Gasteiger partial charge in [-0.3, -0.25) is 9.69 Å². The highest BCUT2D eigenvalue weighted by atomic mass is 16.5. The van der Waals surface area contributed by atoms with Crippen LogP contribution in [0.15, 0.2) is 36.1 Å². The van der Waals surface area contributed by atoms with E-state index in [1.807, 2.05) is 0 Å². The Hall–Kier alpha value is -2.45. The van der Waals surface area contributed by atoms with Gasteiger partial charge in [-0.05, 0) is 32.2 Å². The van der Waals surface area contributed by atoms with Crippen molar-refractivity contribution in [1.29, 1.82) is 0 Å². The first kappa shape index (κ1) is 22.8. The van der Waals surface area contributed by atoms with Gasteiger partial charge in [0.2, 0.25) is 5.91 Å². The Bertz CT molecular complexity index is 650. The van der Waals surface area contributed by atoms with Crippen LogP contribution in [0.5, 0.6) is 0 Å². The zero-order chi connectivity index (χ0) is 20.9. The van der Waals surface area contributed by atoms with Crippen molar-refractivity contribution in [2.24, 2.45) is 0 Å². The summed E-state index contributed by atoms with van der Waals surface area (Å²) in [6.45, 7) is 8.72. The largest absolute Gasteiger partial charge is 0.463 e. The molecule has 0 spiro atoms. The van der Waals surface area contributed by atoms with Crippen molar-refractivity contribution < 1.29 is 28.6 Å². The molecule has 160 valence electrons. The Morgan fingerprint density at radius 2 is 1.76 bits per heavy atom. The first-order valence-electron chi connectivity index (χ1n) is 10.0. The molecule has 1 N–H and O–H groups in total. The Kier molecular flexibility index (Phi) is 10.2. The molecule has 0 aliphatic carbocycles. The van der Waals surface area contributed by atoms with Gasteiger partial charge in [-0.1, -0.05) is 12.2 Å². The van der Waals surface area contributed by atoms with Crippen LogP contribution in [-0.2, 0) is 28.6 Å². The van der Waals surface area contributed by atoms with Crippen LogP contribution in [0.4, 0.5) is 0 Å². The number of carbonyl (C=O) groups excluding carboxylic acids is 3. The molecule has 2 aliphatic rings. The standard InChI is InChI=1S/C21H30N2O6/c1-17-15-18(16-19(24)22-17)5-4-12-29-21(26)7-6-20(25)28-11-3-2-8-23-9-13-27-14-10-23/h6-7,16H,1-5,8-15H2,(H,22,24)/b7-6+. The van der Waals surface area contributed by atoms with Gasteiger partial charge in [0, 0.05) is 43.4 Å². The Morgan fingerprint density at radius 3 is 2.41 bits per heavy atom. The van der Waals surface area contributed by atoms with Gasteiger partial charge < -0.3 is 19.5 Å². The zero-order valence-corrected chi connectivity index (χ0v) is 16.8. The van der Waals surface area contributed by atoms with Gasteiger partial charge in [0.15, 0.2) is 0 Å². The van der Waals surface area contributed by atoms with E-state index in [4.69, 9.17) is 14.2 Å². The number of morpholine rings is 1. The molecule has 2 aliphatic heterocycles. The number of nitrogens with one attached hydrogen (secondary N) is 1. The molecular weight excluding hydrogens is 376 g/mol. The maximum atomic E-state index is 11.6. The smallest absolute Gasteiger partial charge is 0.331 e.